The smallest absolute Gasteiger partial charge is 0.242 e. The van der Waals surface area contributed by atoms with Crippen LogP contribution in [0, 0.1) is 0 Å². The van der Waals surface area contributed by atoms with Crippen molar-refractivity contribution in [2.75, 3.05) is 12.3 Å². The molecule has 1 aromatic carbocycles. The van der Waals surface area contributed by atoms with Crippen LogP contribution >= 0.6 is 11.8 Å². The second-order valence-corrected chi connectivity index (χ2v) is 5.60. The summed E-state index contributed by atoms with van der Waals surface area (Å²) in [6.45, 7) is 0.827. The lowest BCUT2D eigenvalue weighted by Gasteiger charge is -2.21. The topological polar surface area (TPSA) is 84.2 Å². The van der Waals surface area contributed by atoms with Crippen LogP contribution < -0.4 is 16.4 Å². The zero-order valence-electron chi connectivity index (χ0n) is 10.5. The fourth-order valence-corrected chi connectivity index (χ4v) is 3.08. The van der Waals surface area contributed by atoms with Gasteiger partial charge in [0.2, 0.25) is 11.8 Å². The van der Waals surface area contributed by atoms with Gasteiger partial charge in [-0.3, -0.25) is 9.59 Å². The minimum Gasteiger partial charge on any atom is -0.368 e. The summed E-state index contributed by atoms with van der Waals surface area (Å²) in [7, 11) is 0. The van der Waals surface area contributed by atoms with E-state index in [1.54, 1.807) is 11.8 Å². The maximum absolute atomic E-state index is 11.9. The normalized spacial score (nSPS) is 19.9. The molecule has 0 bridgehead atoms. The van der Waals surface area contributed by atoms with Crippen molar-refractivity contribution in [2.45, 2.75) is 17.8 Å². The Kier molecular flexibility index (Phi) is 4.81. The summed E-state index contributed by atoms with van der Waals surface area (Å²) < 4.78 is 0. The number of benzene rings is 1. The van der Waals surface area contributed by atoms with Gasteiger partial charge in [0.15, 0.2) is 0 Å². The molecule has 0 aromatic heterocycles. The number of nitrogens with two attached hydrogens (primary N) is 1. The molecule has 0 radical (unpaired) electrons. The van der Waals surface area contributed by atoms with Crippen molar-refractivity contribution < 1.29 is 9.59 Å². The zero-order valence-corrected chi connectivity index (χ0v) is 11.3. The SMILES string of the molecule is NC(=O)C(NC(=O)Cc1ccccc1)C1NCCS1. The fraction of sp³-hybridized carbons (Fsp3) is 0.385. The summed E-state index contributed by atoms with van der Waals surface area (Å²) in [5.41, 5.74) is 6.26. The molecule has 1 aliphatic heterocycles. The number of hydrogen-bond acceptors (Lipinski definition) is 4. The van der Waals surface area contributed by atoms with Gasteiger partial charge in [-0.15, -0.1) is 11.8 Å². The predicted molar refractivity (Wildman–Crippen MR) is 75.5 cm³/mol. The molecule has 2 atom stereocenters. The van der Waals surface area contributed by atoms with E-state index >= 15 is 0 Å². The van der Waals surface area contributed by atoms with Crippen LogP contribution in [-0.4, -0.2) is 35.5 Å². The number of carbonyl (C=O) groups is 2. The molecule has 1 saturated heterocycles. The molecule has 1 aliphatic rings. The van der Waals surface area contributed by atoms with Crippen molar-refractivity contribution in [3.63, 3.8) is 0 Å². The van der Waals surface area contributed by atoms with Crippen LogP contribution in [0.2, 0.25) is 0 Å². The molecule has 0 saturated carbocycles. The lowest BCUT2D eigenvalue weighted by Crippen LogP contribution is -2.54. The van der Waals surface area contributed by atoms with Crippen molar-refractivity contribution in [3.05, 3.63) is 35.9 Å². The Morgan fingerprint density at radius 2 is 2.16 bits per heavy atom. The lowest BCUT2D eigenvalue weighted by atomic mass is 10.1. The first-order valence-corrected chi connectivity index (χ1v) is 7.19. The summed E-state index contributed by atoms with van der Waals surface area (Å²) in [6.07, 6.45) is 0.252. The molecule has 6 heteroatoms. The van der Waals surface area contributed by atoms with Gasteiger partial charge in [-0.05, 0) is 5.56 Å². The Morgan fingerprint density at radius 1 is 1.42 bits per heavy atom. The summed E-state index contributed by atoms with van der Waals surface area (Å²) in [4.78, 5) is 23.4. The minimum atomic E-state index is -0.663. The Bertz CT molecular complexity index is 446. The first kappa shape index (κ1) is 13.9. The van der Waals surface area contributed by atoms with Gasteiger partial charge in [0, 0.05) is 12.3 Å². The molecule has 1 heterocycles. The number of thioether (sulfide) groups is 1. The third-order valence-corrected chi connectivity index (χ3v) is 4.12. The molecule has 0 aliphatic carbocycles. The largest absolute Gasteiger partial charge is 0.368 e. The second-order valence-electron chi connectivity index (χ2n) is 4.36. The van der Waals surface area contributed by atoms with E-state index < -0.39 is 11.9 Å². The highest BCUT2D eigenvalue weighted by Gasteiger charge is 2.30. The van der Waals surface area contributed by atoms with Gasteiger partial charge in [-0.25, -0.2) is 0 Å². The van der Waals surface area contributed by atoms with E-state index in [1.165, 1.54) is 0 Å². The van der Waals surface area contributed by atoms with E-state index in [0.717, 1.165) is 17.9 Å². The van der Waals surface area contributed by atoms with Crippen LogP contribution in [0.3, 0.4) is 0 Å². The molecule has 102 valence electrons. The number of primary amides is 1. The van der Waals surface area contributed by atoms with Crippen LogP contribution in [0.15, 0.2) is 30.3 Å². The maximum Gasteiger partial charge on any atom is 0.242 e. The number of amides is 2. The van der Waals surface area contributed by atoms with E-state index in [1.807, 2.05) is 30.3 Å². The summed E-state index contributed by atoms with van der Waals surface area (Å²) in [5.74, 6) is 0.223. The highest BCUT2D eigenvalue weighted by molar-refractivity contribution is 8.00. The molecular formula is C13H17N3O2S. The van der Waals surface area contributed by atoms with Gasteiger partial charge in [0.1, 0.15) is 6.04 Å². The van der Waals surface area contributed by atoms with Crippen molar-refractivity contribution in [1.29, 1.82) is 0 Å². The molecule has 1 aromatic rings. The van der Waals surface area contributed by atoms with Crippen LogP contribution in [0.4, 0.5) is 0 Å². The molecule has 5 nitrogen and oxygen atoms in total. The van der Waals surface area contributed by atoms with Crippen molar-refractivity contribution in [1.82, 2.24) is 10.6 Å². The summed E-state index contributed by atoms with van der Waals surface area (Å²) >= 11 is 1.60. The molecule has 2 amide bonds. The molecule has 1 fully saturated rings. The van der Waals surface area contributed by atoms with Crippen molar-refractivity contribution in [3.8, 4) is 0 Å². The highest BCUT2D eigenvalue weighted by Crippen LogP contribution is 2.17. The molecule has 2 unspecified atom stereocenters. The predicted octanol–water partition coefficient (Wildman–Crippen LogP) is -0.138. The van der Waals surface area contributed by atoms with Crippen LogP contribution in [0.1, 0.15) is 5.56 Å². The molecule has 4 N–H and O–H groups in total. The van der Waals surface area contributed by atoms with Gasteiger partial charge >= 0.3 is 0 Å². The standard InChI is InChI=1S/C13H17N3O2S/c14-12(18)11(13-15-6-7-19-13)16-10(17)8-9-4-2-1-3-5-9/h1-5,11,13,15H,6-8H2,(H2,14,18)(H,16,17). The van der Waals surface area contributed by atoms with E-state index in [9.17, 15) is 9.59 Å². The average Bonchev–Trinajstić information content (AvgIpc) is 2.90. The van der Waals surface area contributed by atoms with Gasteiger partial charge in [0.25, 0.3) is 0 Å². The highest BCUT2D eigenvalue weighted by atomic mass is 32.2. The number of rotatable bonds is 5. The van der Waals surface area contributed by atoms with Gasteiger partial charge in [0.05, 0.1) is 11.8 Å². The summed E-state index contributed by atoms with van der Waals surface area (Å²) in [5, 5.41) is 5.74. The first-order valence-electron chi connectivity index (χ1n) is 6.14. The molecular weight excluding hydrogens is 262 g/mol. The van der Waals surface area contributed by atoms with Crippen LogP contribution in [0.25, 0.3) is 0 Å². The Labute approximate surface area is 116 Å². The Hall–Kier alpha value is -1.53. The third kappa shape index (κ3) is 3.97. The van der Waals surface area contributed by atoms with Gasteiger partial charge < -0.3 is 16.4 Å². The van der Waals surface area contributed by atoms with Crippen molar-refractivity contribution >= 4 is 23.6 Å². The minimum absolute atomic E-state index is 0.128. The first-order chi connectivity index (χ1) is 9.16. The molecule has 0 spiro atoms. The van der Waals surface area contributed by atoms with Crippen LogP contribution in [0.5, 0.6) is 0 Å². The lowest BCUT2D eigenvalue weighted by molar-refractivity contribution is -0.127. The molecule has 2 rings (SSSR count). The third-order valence-electron chi connectivity index (χ3n) is 2.88. The Balaban J connectivity index is 1.93. The van der Waals surface area contributed by atoms with E-state index in [-0.39, 0.29) is 17.7 Å². The maximum atomic E-state index is 11.9. The number of nitrogens with one attached hydrogen (secondary N) is 2. The second kappa shape index (κ2) is 6.58. The van der Waals surface area contributed by atoms with E-state index in [2.05, 4.69) is 10.6 Å². The fourth-order valence-electron chi connectivity index (χ4n) is 1.96. The van der Waals surface area contributed by atoms with Gasteiger partial charge in [-0.2, -0.15) is 0 Å². The van der Waals surface area contributed by atoms with E-state index in [0.29, 0.717) is 0 Å². The van der Waals surface area contributed by atoms with Gasteiger partial charge in [-0.1, -0.05) is 30.3 Å². The number of hydrogen-bond donors (Lipinski definition) is 3. The Morgan fingerprint density at radius 3 is 2.74 bits per heavy atom. The molecule has 19 heavy (non-hydrogen) atoms. The monoisotopic (exact) mass is 279 g/mol. The summed E-state index contributed by atoms with van der Waals surface area (Å²) in [6, 6.07) is 8.74. The van der Waals surface area contributed by atoms with Crippen molar-refractivity contribution in [2.24, 2.45) is 5.73 Å². The zero-order chi connectivity index (χ0) is 13.7. The number of carbonyl (C=O) groups excluding carboxylic acids is 2. The van der Waals surface area contributed by atoms with E-state index in [4.69, 9.17) is 5.73 Å². The van der Waals surface area contributed by atoms with Crippen LogP contribution in [-0.2, 0) is 16.0 Å². The quantitative estimate of drug-likeness (QED) is 0.700. The average molecular weight is 279 g/mol.